The highest BCUT2D eigenvalue weighted by Crippen LogP contribution is 2.17. The van der Waals surface area contributed by atoms with Crippen LogP contribution in [-0.2, 0) is 6.54 Å². The van der Waals surface area contributed by atoms with Gasteiger partial charge in [0.25, 0.3) is 0 Å². The molecule has 0 saturated carbocycles. The van der Waals surface area contributed by atoms with Crippen LogP contribution in [0.1, 0.15) is 25.8 Å². The number of halogens is 3. The van der Waals surface area contributed by atoms with E-state index in [2.05, 4.69) is 35.1 Å². The van der Waals surface area contributed by atoms with E-state index in [1.165, 1.54) is 6.07 Å². The van der Waals surface area contributed by atoms with E-state index in [0.717, 1.165) is 12.0 Å². The second-order valence-electron chi connectivity index (χ2n) is 4.61. The summed E-state index contributed by atoms with van der Waals surface area (Å²) in [7, 11) is 0. The van der Waals surface area contributed by atoms with Crippen LogP contribution in [-0.4, -0.2) is 11.9 Å². The predicted octanol–water partition coefficient (Wildman–Crippen LogP) is 4.33. The lowest BCUT2D eigenvalue weighted by atomic mass is 10.0. The number of nitrogens with one attached hydrogen (secondary N) is 1. The molecule has 0 aliphatic heterocycles. The van der Waals surface area contributed by atoms with E-state index in [-0.39, 0.29) is 5.82 Å². The molecule has 1 aromatic rings. The van der Waals surface area contributed by atoms with Gasteiger partial charge in [0.1, 0.15) is 5.82 Å². The molecule has 0 aromatic heterocycles. The van der Waals surface area contributed by atoms with Crippen LogP contribution >= 0.6 is 27.5 Å². The Morgan fingerprint density at radius 2 is 2.12 bits per heavy atom. The van der Waals surface area contributed by atoms with Gasteiger partial charge in [-0.05, 0) is 46.0 Å². The molecular weight excluding hydrogens is 305 g/mol. The van der Waals surface area contributed by atoms with E-state index in [1.807, 2.05) is 0 Å². The molecule has 4 heteroatoms. The standard InChI is InChI=1S/C13H18BrClFN/c1-9(2)5-11(7-15)17-8-10-3-4-13(16)12(14)6-10/h3-4,6,9,11,17H,5,7-8H2,1-2H3. The van der Waals surface area contributed by atoms with Crippen LogP contribution in [0.3, 0.4) is 0 Å². The SMILES string of the molecule is CC(C)CC(CCl)NCc1ccc(F)c(Br)c1. The van der Waals surface area contributed by atoms with Gasteiger partial charge in [-0.3, -0.25) is 0 Å². The van der Waals surface area contributed by atoms with Crippen LogP contribution in [0.2, 0.25) is 0 Å². The van der Waals surface area contributed by atoms with Crippen molar-refractivity contribution in [3.8, 4) is 0 Å². The minimum absolute atomic E-state index is 0.232. The average Bonchev–Trinajstić information content (AvgIpc) is 2.28. The summed E-state index contributed by atoms with van der Waals surface area (Å²) in [5.74, 6) is 0.983. The lowest BCUT2D eigenvalue weighted by molar-refractivity contribution is 0.444. The molecule has 1 rings (SSSR count). The molecule has 0 spiro atoms. The molecule has 0 amide bonds. The first kappa shape index (κ1) is 14.9. The van der Waals surface area contributed by atoms with Crippen molar-refractivity contribution >= 4 is 27.5 Å². The van der Waals surface area contributed by atoms with Crippen molar-refractivity contribution < 1.29 is 4.39 Å². The van der Waals surface area contributed by atoms with Crippen LogP contribution in [0.4, 0.5) is 4.39 Å². The van der Waals surface area contributed by atoms with Crippen LogP contribution in [0.25, 0.3) is 0 Å². The third-order valence-corrected chi connectivity index (χ3v) is 3.50. The molecule has 0 aliphatic rings. The van der Waals surface area contributed by atoms with E-state index in [1.54, 1.807) is 12.1 Å². The number of alkyl halides is 1. The summed E-state index contributed by atoms with van der Waals surface area (Å²) in [5, 5.41) is 3.39. The van der Waals surface area contributed by atoms with Gasteiger partial charge >= 0.3 is 0 Å². The fourth-order valence-corrected chi connectivity index (χ4v) is 2.34. The maximum absolute atomic E-state index is 13.0. The normalized spacial score (nSPS) is 13.1. The van der Waals surface area contributed by atoms with Crippen molar-refractivity contribution in [3.63, 3.8) is 0 Å². The lowest BCUT2D eigenvalue weighted by Gasteiger charge is -2.18. The molecule has 1 aromatic carbocycles. The van der Waals surface area contributed by atoms with Crippen molar-refractivity contribution in [1.29, 1.82) is 0 Å². The molecular formula is C13H18BrClFN. The van der Waals surface area contributed by atoms with Gasteiger partial charge in [-0.15, -0.1) is 11.6 Å². The molecule has 1 N–H and O–H groups in total. The third kappa shape index (κ3) is 5.36. The van der Waals surface area contributed by atoms with E-state index >= 15 is 0 Å². The highest BCUT2D eigenvalue weighted by molar-refractivity contribution is 9.10. The van der Waals surface area contributed by atoms with Crippen LogP contribution in [0.5, 0.6) is 0 Å². The van der Waals surface area contributed by atoms with E-state index in [0.29, 0.717) is 28.9 Å². The van der Waals surface area contributed by atoms with Crippen molar-refractivity contribution in [2.24, 2.45) is 5.92 Å². The lowest BCUT2D eigenvalue weighted by Crippen LogP contribution is -2.31. The second-order valence-corrected chi connectivity index (χ2v) is 5.77. The maximum Gasteiger partial charge on any atom is 0.137 e. The fraction of sp³-hybridized carbons (Fsp3) is 0.538. The quantitative estimate of drug-likeness (QED) is 0.769. The molecule has 0 aliphatic carbocycles. The summed E-state index contributed by atoms with van der Waals surface area (Å²) in [6, 6.07) is 5.36. The molecule has 0 bridgehead atoms. The first-order valence-electron chi connectivity index (χ1n) is 5.76. The van der Waals surface area contributed by atoms with Gasteiger partial charge in [0.2, 0.25) is 0 Å². The highest BCUT2D eigenvalue weighted by Gasteiger charge is 2.09. The van der Waals surface area contributed by atoms with Crippen molar-refractivity contribution in [2.45, 2.75) is 32.9 Å². The van der Waals surface area contributed by atoms with Gasteiger partial charge in [-0.2, -0.15) is 0 Å². The molecule has 1 unspecified atom stereocenters. The number of benzene rings is 1. The topological polar surface area (TPSA) is 12.0 Å². The van der Waals surface area contributed by atoms with E-state index in [9.17, 15) is 4.39 Å². The smallest absolute Gasteiger partial charge is 0.137 e. The summed E-state index contributed by atoms with van der Waals surface area (Å²) in [4.78, 5) is 0. The van der Waals surface area contributed by atoms with Crippen LogP contribution in [0, 0.1) is 11.7 Å². The number of hydrogen-bond acceptors (Lipinski definition) is 1. The summed E-state index contributed by atoms with van der Waals surface area (Å²) < 4.78 is 13.6. The zero-order chi connectivity index (χ0) is 12.8. The molecule has 0 radical (unpaired) electrons. The zero-order valence-electron chi connectivity index (χ0n) is 10.1. The van der Waals surface area contributed by atoms with Gasteiger partial charge in [0.15, 0.2) is 0 Å². The zero-order valence-corrected chi connectivity index (χ0v) is 12.5. The van der Waals surface area contributed by atoms with Gasteiger partial charge in [0, 0.05) is 18.5 Å². The van der Waals surface area contributed by atoms with E-state index in [4.69, 9.17) is 11.6 Å². The fourth-order valence-electron chi connectivity index (χ4n) is 1.68. The van der Waals surface area contributed by atoms with Crippen molar-refractivity contribution in [3.05, 3.63) is 34.1 Å². The van der Waals surface area contributed by atoms with Crippen molar-refractivity contribution in [1.82, 2.24) is 5.32 Å². The first-order chi connectivity index (χ1) is 8.02. The van der Waals surface area contributed by atoms with E-state index < -0.39 is 0 Å². The molecule has 0 saturated heterocycles. The van der Waals surface area contributed by atoms with Gasteiger partial charge in [-0.25, -0.2) is 4.39 Å². The molecule has 1 nitrogen and oxygen atoms in total. The summed E-state index contributed by atoms with van der Waals surface area (Å²) in [5.41, 5.74) is 1.05. The number of hydrogen-bond donors (Lipinski definition) is 1. The Labute approximate surface area is 116 Å². The third-order valence-electron chi connectivity index (χ3n) is 2.52. The molecule has 0 fully saturated rings. The first-order valence-corrected chi connectivity index (χ1v) is 7.09. The van der Waals surface area contributed by atoms with Gasteiger partial charge < -0.3 is 5.32 Å². The van der Waals surface area contributed by atoms with Crippen molar-refractivity contribution in [2.75, 3.05) is 5.88 Å². The van der Waals surface area contributed by atoms with Crippen LogP contribution < -0.4 is 5.32 Å². The summed E-state index contributed by atoms with van der Waals surface area (Å²) in [6.07, 6.45) is 1.05. The molecule has 17 heavy (non-hydrogen) atoms. The molecule has 96 valence electrons. The van der Waals surface area contributed by atoms with Gasteiger partial charge in [-0.1, -0.05) is 19.9 Å². The highest BCUT2D eigenvalue weighted by atomic mass is 79.9. The Bertz CT molecular complexity index is 357. The number of rotatable bonds is 6. The second kappa shape index (κ2) is 7.34. The Hall–Kier alpha value is -0.120. The molecule has 0 heterocycles. The minimum Gasteiger partial charge on any atom is -0.309 e. The molecule has 1 atom stereocenters. The monoisotopic (exact) mass is 321 g/mol. The predicted molar refractivity (Wildman–Crippen MR) is 74.9 cm³/mol. The summed E-state index contributed by atoms with van der Waals surface area (Å²) >= 11 is 9.08. The van der Waals surface area contributed by atoms with Crippen LogP contribution in [0.15, 0.2) is 22.7 Å². The average molecular weight is 323 g/mol. The Morgan fingerprint density at radius 1 is 1.41 bits per heavy atom. The minimum atomic E-state index is -0.232. The Morgan fingerprint density at radius 3 is 2.65 bits per heavy atom. The Balaban J connectivity index is 2.50. The maximum atomic E-state index is 13.0. The summed E-state index contributed by atoms with van der Waals surface area (Å²) in [6.45, 7) is 5.06. The Kier molecular flexibility index (Phi) is 6.45. The van der Waals surface area contributed by atoms with Gasteiger partial charge in [0.05, 0.1) is 4.47 Å². The largest absolute Gasteiger partial charge is 0.309 e.